The standard InChI is InChI=1S/C35H47NO11/c1-5-33(37)44-24-20-40-18-22-42-27(3)46-26-32(47-28(4)43-23-19-41-21-25-45-34(38)6-2)16-17-36-31-14-12-30(13-15-31)35(39)29-10-8-7-9-11-29/h5-15,27-28,32,36H,1-2,16-26H2,3-4H3. The lowest BCUT2D eigenvalue weighted by molar-refractivity contribution is -0.203. The summed E-state index contributed by atoms with van der Waals surface area (Å²) in [7, 11) is 0. The molecule has 0 spiro atoms. The van der Waals surface area contributed by atoms with Crippen molar-refractivity contribution in [2.45, 2.75) is 39.0 Å². The summed E-state index contributed by atoms with van der Waals surface area (Å²) in [5.41, 5.74) is 2.12. The second-order valence-corrected chi connectivity index (χ2v) is 9.92. The highest BCUT2D eigenvalue weighted by molar-refractivity contribution is 6.09. The van der Waals surface area contributed by atoms with E-state index in [0.717, 1.165) is 17.8 Å². The topological polar surface area (TPSA) is 137 Å². The van der Waals surface area contributed by atoms with E-state index in [4.69, 9.17) is 37.9 Å². The number of benzene rings is 2. The third kappa shape index (κ3) is 18.1. The molecule has 12 nitrogen and oxygen atoms in total. The number of anilines is 1. The summed E-state index contributed by atoms with van der Waals surface area (Å²) in [6.45, 7) is 13.0. The average molecular weight is 658 g/mol. The minimum Gasteiger partial charge on any atom is -0.460 e. The number of carbonyl (C=O) groups is 3. The molecule has 2 aromatic rings. The van der Waals surface area contributed by atoms with Crippen LogP contribution in [0, 0.1) is 0 Å². The Kier molecular flexibility index (Phi) is 20.3. The number of nitrogens with one attached hydrogen (secondary N) is 1. The van der Waals surface area contributed by atoms with Gasteiger partial charge >= 0.3 is 11.9 Å². The Morgan fingerprint density at radius 1 is 0.681 bits per heavy atom. The van der Waals surface area contributed by atoms with Gasteiger partial charge in [0.25, 0.3) is 0 Å². The number of hydrogen-bond acceptors (Lipinski definition) is 12. The van der Waals surface area contributed by atoms with Crippen LogP contribution in [0.4, 0.5) is 5.69 Å². The van der Waals surface area contributed by atoms with Gasteiger partial charge in [-0.3, -0.25) is 4.79 Å². The Labute approximate surface area is 276 Å². The lowest BCUT2D eigenvalue weighted by Gasteiger charge is -2.24. The SMILES string of the molecule is C=CC(=O)OCCOCCOC(C)OCC(CCNc1ccc(C(=O)c2ccccc2)cc1)OC(C)OCCOCCOC(=O)C=C. The number of carbonyl (C=O) groups excluding carboxylic acids is 3. The van der Waals surface area contributed by atoms with Crippen LogP contribution in [-0.2, 0) is 47.5 Å². The van der Waals surface area contributed by atoms with Gasteiger partial charge in [0.1, 0.15) is 13.2 Å². The van der Waals surface area contributed by atoms with E-state index in [1.165, 1.54) is 0 Å². The van der Waals surface area contributed by atoms with Gasteiger partial charge in [-0.05, 0) is 44.5 Å². The maximum Gasteiger partial charge on any atom is 0.330 e. The molecule has 0 fully saturated rings. The minimum absolute atomic E-state index is 0.0322. The van der Waals surface area contributed by atoms with E-state index in [1.54, 1.807) is 38.1 Å². The largest absolute Gasteiger partial charge is 0.460 e. The predicted molar refractivity (Wildman–Crippen MR) is 175 cm³/mol. The summed E-state index contributed by atoms with van der Waals surface area (Å²) in [5, 5.41) is 3.36. The molecule has 0 saturated carbocycles. The summed E-state index contributed by atoms with van der Waals surface area (Å²) >= 11 is 0. The molecule has 3 atom stereocenters. The molecule has 47 heavy (non-hydrogen) atoms. The fourth-order valence-electron chi connectivity index (χ4n) is 3.94. The Hall–Kier alpha value is -3.91. The zero-order chi connectivity index (χ0) is 34.1. The summed E-state index contributed by atoms with van der Waals surface area (Å²) in [5.74, 6) is -1.03. The normalized spacial score (nSPS) is 12.8. The van der Waals surface area contributed by atoms with Crippen molar-refractivity contribution in [1.29, 1.82) is 0 Å². The molecule has 0 aromatic heterocycles. The number of esters is 2. The first kappa shape index (κ1) is 39.3. The number of ketones is 1. The van der Waals surface area contributed by atoms with Crippen molar-refractivity contribution in [3.05, 3.63) is 91.0 Å². The van der Waals surface area contributed by atoms with Crippen molar-refractivity contribution in [2.24, 2.45) is 0 Å². The number of ether oxygens (including phenoxy) is 8. The third-order valence-corrected chi connectivity index (χ3v) is 6.32. The zero-order valence-corrected chi connectivity index (χ0v) is 27.3. The maximum atomic E-state index is 12.7. The fraction of sp³-hybridized carbons (Fsp3) is 0.457. The lowest BCUT2D eigenvalue weighted by atomic mass is 10.0. The summed E-state index contributed by atoms with van der Waals surface area (Å²) in [4.78, 5) is 34.8. The highest BCUT2D eigenvalue weighted by Gasteiger charge is 2.17. The first-order valence-electron chi connectivity index (χ1n) is 15.5. The van der Waals surface area contributed by atoms with Crippen molar-refractivity contribution >= 4 is 23.4 Å². The molecule has 0 heterocycles. The molecule has 1 N–H and O–H groups in total. The van der Waals surface area contributed by atoms with Crippen LogP contribution in [0.25, 0.3) is 0 Å². The van der Waals surface area contributed by atoms with Gasteiger partial charge in [-0.1, -0.05) is 43.5 Å². The minimum atomic E-state index is -0.547. The summed E-state index contributed by atoms with van der Waals surface area (Å²) < 4.78 is 43.9. The van der Waals surface area contributed by atoms with Crippen LogP contribution in [0.1, 0.15) is 36.2 Å². The van der Waals surface area contributed by atoms with Gasteiger partial charge < -0.3 is 43.2 Å². The smallest absolute Gasteiger partial charge is 0.330 e. The highest BCUT2D eigenvalue weighted by atomic mass is 16.7. The Morgan fingerprint density at radius 2 is 1.21 bits per heavy atom. The van der Waals surface area contributed by atoms with Crippen molar-refractivity contribution in [2.75, 3.05) is 71.3 Å². The van der Waals surface area contributed by atoms with Crippen LogP contribution in [0.3, 0.4) is 0 Å². The second kappa shape index (κ2) is 24.3. The Bertz CT molecular complexity index is 1190. The van der Waals surface area contributed by atoms with Crippen molar-refractivity contribution in [3.8, 4) is 0 Å². The predicted octanol–water partition coefficient (Wildman–Crippen LogP) is 4.34. The van der Waals surface area contributed by atoms with Crippen LogP contribution in [0.5, 0.6) is 0 Å². The van der Waals surface area contributed by atoms with Crippen LogP contribution in [-0.4, -0.2) is 102 Å². The van der Waals surface area contributed by atoms with Crippen LogP contribution in [0.15, 0.2) is 79.9 Å². The number of hydrogen-bond donors (Lipinski definition) is 1. The van der Waals surface area contributed by atoms with E-state index >= 15 is 0 Å². The molecule has 0 bridgehead atoms. The molecule has 0 aliphatic heterocycles. The molecule has 2 rings (SSSR count). The van der Waals surface area contributed by atoms with Crippen molar-refractivity contribution in [3.63, 3.8) is 0 Å². The molecular weight excluding hydrogens is 610 g/mol. The lowest BCUT2D eigenvalue weighted by Crippen LogP contribution is -2.31. The molecule has 0 saturated heterocycles. The molecule has 0 aliphatic carbocycles. The zero-order valence-electron chi connectivity index (χ0n) is 27.3. The van der Waals surface area contributed by atoms with Gasteiger partial charge in [0.2, 0.25) is 0 Å². The van der Waals surface area contributed by atoms with E-state index in [1.807, 2.05) is 30.3 Å². The monoisotopic (exact) mass is 657 g/mol. The van der Waals surface area contributed by atoms with E-state index in [2.05, 4.69) is 18.5 Å². The van der Waals surface area contributed by atoms with Crippen molar-refractivity contribution in [1.82, 2.24) is 0 Å². The average Bonchev–Trinajstić information content (AvgIpc) is 3.09. The first-order valence-corrected chi connectivity index (χ1v) is 15.5. The molecule has 3 unspecified atom stereocenters. The van der Waals surface area contributed by atoms with Gasteiger partial charge in [-0.2, -0.15) is 0 Å². The van der Waals surface area contributed by atoms with Crippen molar-refractivity contribution < 1.29 is 52.3 Å². The summed E-state index contributed by atoms with van der Waals surface area (Å²) in [6.07, 6.45) is 1.37. The molecule has 0 aliphatic rings. The molecule has 0 radical (unpaired) electrons. The molecule has 0 amide bonds. The maximum absolute atomic E-state index is 12.7. The summed E-state index contributed by atoms with van der Waals surface area (Å²) in [6, 6.07) is 16.5. The van der Waals surface area contributed by atoms with E-state index in [9.17, 15) is 14.4 Å². The van der Waals surface area contributed by atoms with Gasteiger partial charge in [0, 0.05) is 35.5 Å². The van der Waals surface area contributed by atoms with E-state index in [-0.39, 0.29) is 51.5 Å². The van der Waals surface area contributed by atoms with Gasteiger partial charge in [0.05, 0.1) is 52.4 Å². The van der Waals surface area contributed by atoms with Crippen LogP contribution in [0.2, 0.25) is 0 Å². The molecule has 2 aromatic carbocycles. The fourth-order valence-corrected chi connectivity index (χ4v) is 3.94. The van der Waals surface area contributed by atoms with E-state index < -0.39 is 24.5 Å². The third-order valence-electron chi connectivity index (χ3n) is 6.32. The molecule has 258 valence electrons. The van der Waals surface area contributed by atoms with Gasteiger partial charge in [-0.15, -0.1) is 0 Å². The molecular formula is C35H47NO11. The van der Waals surface area contributed by atoms with Crippen LogP contribution < -0.4 is 5.32 Å². The molecule has 12 heteroatoms. The Balaban J connectivity index is 1.78. The van der Waals surface area contributed by atoms with Crippen LogP contribution >= 0.6 is 0 Å². The second-order valence-electron chi connectivity index (χ2n) is 9.92. The van der Waals surface area contributed by atoms with Gasteiger partial charge in [0.15, 0.2) is 18.4 Å². The number of rotatable bonds is 27. The van der Waals surface area contributed by atoms with Gasteiger partial charge in [-0.25, -0.2) is 9.59 Å². The highest BCUT2D eigenvalue weighted by Crippen LogP contribution is 2.15. The Morgan fingerprint density at radius 3 is 1.79 bits per heavy atom. The van der Waals surface area contributed by atoms with E-state index in [0.29, 0.717) is 43.9 Å². The quantitative estimate of drug-likeness (QED) is 0.0481. The first-order chi connectivity index (χ1) is 22.8.